The zero-order valence-electron chi connectivity index (χ0n) is 15.7. The third-order valence-corrected chi connectivity index (χ3v) is 4.13. The lowest BCUT2D eigenvalue weighted by Gasteiger charge is -2.14. The number of aromatic nitrogens is 1. The first-order valence-electron chi connectivity index (χ1n) is 8.99. The Hall–Kier alpha value is -3.58. The molecule has 0 atom stereocenters. The van der Waals surface area contributed by atoms with Crippen molar-refractivity contribution in [1.29, 1.82) is 0 Å². The number of halogens is 1. The molecule has 3 amide bonds. The van der Waals surface area contributed by atoms with Crippen molar-refractivity contribution in [3.8, 4) is 0 Å². The van der Waals surface area contributed by atoms with Gasteiger partial charge in [-0.05, 0) is 43.3 Å². The summed E-state index contributed by atoms with van der Waals surface area (Å²) in [6, 6.07) is 17.4. The van der Waals surface area contributed by atoms with Crippen molar-refractivity contribution in [2.75, 3.05) is 22.5 Å². The molecule has 0 aliphatic carbocycles. The van der Waals surface area contributed by atoms with Gasteiger partial charge in [-0.3, -0.25) is 10.1 Å². The van der Waals surface area contributed by atoms with Crippen LogP contribution in [0.2, 0.25) is 5.02 Å². The van der Waals surface area contributed by atoms with Crippen LogP contribution >= 0.6 is 11.6 Å². The second-order valence-electron chi connectivity index (χ2n) is 6.05. The fraction of sp³-hybridized carbons (Fsp3) is 0.0952. The third-order valence-electron chi connectivity index (χ3n) is 3.88. The molecule has 1 heterocycles. The SMILES string of the molecule is CCNC(=O)Nc1cc(Nc2ccccc2)c(C(=O)Nc2ccc(Cl)cc2)cn1. The van der Waals surface area contributed by atoms with E-state index in [2.05, 4.69) is 26.3 Å². The van der Waals surface area contributed by atoms with Gasteiger partial charge in [0.15, 0.2) is 0 Å². The van der Waals surface area contributed by atoms with Crippen molar-refractivity contribution in [1.82, 2.24) is 10.3 Å². The number of benzene rings is 2. The predicted molar refractivity (Wildman–Crippen MR) is 116 cm³/mol. The smallest absolute Gasteiger partial charge is 0.320 e. The summed E-state index contributed by atoms with van der Waals surface area (Å²) in [6.07, 6.45) is 1.41. The molecule has 0 aliphatic rings. The minimum Gasteiger partial charge on any atom is -0.355 e. The number of anilines is 4. The normalized spacial score (nSPS) is 10.1. The van der Waals surface area contributed by atoms with Gasteiger partial charge in [0.2, 0.25) is 0 Å². The molecule has 29 heavy (non-hydrogen) atoms. The van der Waals surface area contributed by atoms with Crippen LogP contribution in [-0.4, -0.2) is 23.5 Å². The van der Waals surface area contributed by atoms with Crippen molar-refractivity contribution >= 4 is 46.4 Å². The first-order chi connectivity index (χ1) is 14.0. The van der Waals surface area contributed by atoms with Gasteiger partial charge in [-0.1, -0.05) is 29.8 Å². The average molecular weight is 410 g/mol. The molecule has 8 heteroatoms. The molecule has 1 aromatic heterocycles. The van der Waals surface area contributed by atoms with Gasteiger partial charge in [-0.2, -0.15) is 0 Å². The zero-order valence-corrected chi connectivity index (χ0v) is 16.5. The summed E-state index contributed by atoms with van der Waals surface area (Å²) in [5.74, 6) is -0.0276. The largest absolute Gasteiger partial charge is 0.355 e. The van der Waals surface area contributed by atoms with E-state index in [9.17, 15) is 9.59 Å². The van der Waals surface area contributed by atoms with Gasteiger partial charge in [0.05, 0.1) is 11.3 Å². The molecule has 7 nitrogen and oxygen atoms in total. The lowest BCUT2D eigenvalue weighted by molar-refractivity contribution is 0.102. The molecule has 0 saturated carbocycles. The fourth-order valence-corrected chi connectivity index (χ4v) is 2.66. The first-order valence-corrected chi connectivity index (χ1v) is 9.37. The fourth-order valence-electron chi connectivity index (χ4n) is 2.54. The van der Waals surface area contributed by atoms with E-state index in [0.29, 0.717) is 34.3 Å². The number of para-hydroxylation sites is 1. The molecule has 0 spiro atoms. The number of nitrogens with zero attached hydrogens (tertiary/aromatic N) is 1. The van der Waals surface area contributed by atoms with Gasteiger partial charge in [0, 0.05) is 35.2 Å². The maximum Gasteiger partial charge on any atom is 0.320 e. The molecule has 2 aromatic carbocycles. The minimum atomic E-state index is -0.371. The van der Waals surface area contributed by atoms with Crippen LogP contribution in [-0.2, 0) is 0 Å². The molecule has 3 aromatic rings. The Balaban J connectivity index is 1.88. The van der Waals surface area contributed by atoms with Crippen LogP contribution in [0.3, 0.4) is 0 Å². The van der Waals surface area contributed by atoms with Crippen LogP contribution in [0.15, 0.2) is 66.9 Å². The van der Waals surface area contributed by atoms with Crippen molar-refractivity contribution in [3.05, 3.63) is 77.4 Å². The van der Waals surface area contributed by atoms with E-state index in [1.54, 1.807) is 30.3 Å². The number of hydrogen-bond acceptors (Lipinski definition) is 4. The van der Waals surface area contributed by atoms with Crippen molar-refractivity contribution in [2.24, 2.45) is 0 Å². The number of hydrogen-bond donors (Lipinski definition) is 4. The lowest BCUT2D eigenvalue weighted by Crippen LogP contribution is -2.28. The van der Waals surface area contributed by atoms with E-state index in [1.165, 1.54) is 6.20 Å². The molecule has 0 fully saturated rings. The summed E-state index contributed by atoms with van der Waals surface area (Å²) in [7, 11) is 0. The molecule has 0 saturated heterocycles. The molecule has 0 unspecified atom stereocenters. The molecule has 4 N–H and O–H groups in total. The van der Waals surface area contributed by atoms with Gasteiger partial charge >= 0.3 is 6.03 Å². The number of urea groups is 1. The summed E-state index contributed by atoms with van der Waals surface area (Å²) >= 11 is 5.89. The molecular weight excluding hydrogens is 390 g/mol. The van der Waals surface area contributed by atoms with Gasteiger partial charge in [-0.25, -0.2) is 9.78 Å². The Bertz CT molecular complexity index is 994. The highest BCUT2D eigenvalue weighted by Gasteiger charge is 2.15. The second kappa shape index (κ2) is 9.57. The topological polar surface area (TPSA) is 95.2 Å². The quantitative estimate of drug-likeness (QED) is 0.467. The summed E-state index contributed by atoms with van der Waals surface area (Å²) in [5, 5.41) is 11.9. The number of pyridine rings is 1. The number of amides is 3. The Labute approximate surface area is 173 Å². The predicted octanol–water partition coefficient (Wildman–Crippen LogP) is 4.87. The van der Waals surface area contributed by atoms with Crippen molar-refractivity contribution < 1.29 is 9.59 Å². The van der Waals surface area contributed by atoms with Crippen molar-refractivity contribution in [3.63, 3.8) is 0 Å². The maximum atomic E-state index is 12.8. The number of carbonyl (C=O) groups excluding carboxylic acids is 2. The zero-order chi connectivity index (χ0) is 20.6. The Morgan fingerprint density at radius 1 is 0.966 bits per heavy atom. The maximum absolute atomic E-state index is 12.8. The lowest BCUT2D eigenvalue weighted by atomic mass is 10.2. The van der Waals surface area contributed by atoms with E-state index in [0.717, 1.165) is 5.69 Å². The van der Waals surface area contributed by atoms with Crippen LogP contribution in [0.1, 0.15) is 17.3 Å². The van der Waals surface area contributed by atoms with Gasteiger partial charge < -0.3 is 16.0 Å². The Morgan fingerprint density at radius 3 is 2.38 bits per heavy atom. The van der Waals surface area contributed by atoms with E-state index in [1.807, 2.05) is 37.3 Å². The van der Waals surface area contributed by atoms with Gasteiger partial charge in [-0.15, -0.1) is 0 Å². The van der Waals surface area contributed by atoms with Gasteiger partial charge in [0.25, 0.3) is 5.91 Å². The number of rotatable bonds is 6. The monoisotopic (exact) mass is 409 g/mol. The average Bonchev–Trinajstić information content (AvgIpc) is 2.71. The molecule has 0 bridgehead atoms. The first kappa shape index (κ1) is 20.2. The Kier molecular flexibility index (Phi) is 6.65. The van der Waals surface area contributed by atoms with Crippen LogP contribution in [0.5, 0.6) is 0 Å². The minimum absolute atomic E-state index is 0.317. The van der Waals surface area contributed by atoms with Crippen molar-refractivity contribution in [2.45, 2.75) is 6.92 Å². The second-order valence-corrected chi connectivity index (χ2v) is 6.49. The highest BCUT2D eigenvalue weighted by Crippen LogP contribution is 2.24. The molecular formula is C21H20ClN5O2. The summed E-state index contributed by atoms with van der Waals surface area (Å²) in [5.41, 5.74) is 2.23. The highest BCUT2D eigenvalue weighted by atomic mass is 35.5. The summed E-state index contributed by atoms with van der Waals surface area (Å²) in [4.78, 5) is 28.8. The van der Waals surface area contributed by atoms with E-state index < -0.39 is 0 Å². The van der Waals surface area contributed by atoms with Crippen LogP contribution in [0.25, 0.3) is 0 Å². The molecule has 3 rings (SSSR count). The van der Waals surface area contributed by atoms with Crippen LogP contribution < -0.4 is 21.3 Å². The molecule has 0 aliphatic heterocycles. The number of nitrogens with one attached hydrogen (secondary N) is 4. The van der Waals surface area contributed by atoms with Crippen LogP contribution in [0.4, 0.5) is 27.7 Å². The van der Waals surface area contributed by atoms with Gasteiger partial charge in [0.1, 0.15) is 5.82 Å². The highest BCUT2D eigenvalue weighted by molar-refractivity contribution is 6.30. The van der Waals surface area contributed by atoms with Crippen LogP contribution in [0, 0.1) is 0 Å². The third kappa shape index (κ3) is 5.70. The summed E-state index contributed by atoms with van der Waals surface area (Å²) < 4.78 is 0. The number of carbonyl (C=O) groups is 2. The van der Waals surface area contributed by atoms with E-state index >= 15 is 0 Å². The van der Waals surface area contributed by atoms with E-state index in [4.69, 9.17) is 11.6 Å². The Morgan fingerprint density at radius 2 is 1.69 bits per heavy atom. The molecule has 0 radical (unpaired) electrons. The van der Waals surface area contributed by atoms with E-state index in [-0.39, 0.29) is 11.9 Å². The standard InChI is InChI=1S/C21H20ClN5O2/c1-2-23-21(29)27-19-12-18(25-15-6-4-3-5-7-15)17(13-24-19)20(28)26-16-10-8-14(22)9-11-16/h3-13H,2H2,1H3,(H,26,28)(H3,23,24,25,27,29). The summed E-state index contributed by atoms with van der Waals surface area (Å²) in [6.45, 7) is 2.31. The molecule has 148 valence electrons.